The van der Waals surface area contributed by atoms with Crippen LogP contribution in [0.25, 0.3) is 11.0 Å². The van der Waals surface area contributed by atoms with Crippen LogP contribution in [0.15, 0.2) is 12.1 Å². The Morgan fingerprint density at radius 2 is 2.21 bits per heavy atom. The quantitative estimate of drug-likeness (QED) is 0.881. The van der Waals surface area contributed by atoms with Crippen molar-refractivity contribution in [2.45, 2.75) is 18.8 Å². The summed E-state index contributed by atoms with van der Waals surface area (Å²) in [6, 6.07) is 1.23. The molecule has 0 spiro atoms. The highest BCUT2D eigenvalue weighted by Crippen LogP contribution is 2.25. The van der Waals surface area contributed by atoms with Gasteiger partial charge in [-0.3, -0.25) is 4.79 Å². The maximum Gasteiger partial charge on any atom is 0.242 e. The van der Waals surface area contributed by atoms with Crippen LogP contribution >= 0.6 is 11.6 Å². The molecule has 1 atom stereocenters. The molecule has 19 heavy (non-hydrogen) atoms. The van der Waals surface area contributed by atoms with E-state index in [9.17, 15) is 13.6 Å². The van der Waals surface area contributed by atoms with Crippen LogP contribution in [-0.4, -0.2) is 22.5 Å². The number of carbonyl (C=O) groups is 1. The Hall–Kier alpha value is -1.69. The van der Waals surface area contributed by atoms with Gasteiger partial charge in [-0.2, -0.15) is 0 Å². The number of benzene rings is 1. The number of imidazole rings is 1. The van der Waals surface area contributed by atoms with Gasteiger partial charge in [0.2, 0.25) is 5.91 Å². The number of hydrogen-bond acceptors (Lipinski definition) is 2. The summed E-state index contributed by atoms with van der Waals surface area (Å²) in [5, 5.41) is 2.48. The molecule has 1 aromatic heterocycles. The second-order valence-corrected chi connectivity index (χ2v) is 4.34. The second-order valence-electron chi connectivity index (χ2n) is 4.08. The standard InChI is InChI=1S/C12H12ClF2N3O/c1-6(12(19)16-2)18-9-4-7(14)3-8(15)11(9)17-10(18)5-13/h3-4,6H,5H2,1-2H3,(H,16,19). The Morgan fingerprint density at radius 1 is 1.53 bits per heavy atom. The van der Waals surface area contributed by atoms with Crippen LogP contribution in [0.4, 0.5) is 8.78 Å². The number of carbonyl (C=O) groups excluding carboxylic acids is 1. The molecule has 1 heterocycles. The normalized spacial score (nSPS) is 12.7. The van der Waals surface area contributed by atoms with Crippen molar-refractivity contribution >= 4 is 28.5 Å². The van der Waals surface area contributed by atoms with E-state index >= 15 is 0 Å². The lowest BCUT2D eigenvalue weighted by Crippen LogP contribution is -2.28. The van der Waals surface area contributed by atoms with E-state index < -0.39 is 17.7 Å². The topological polar surface area (TPSA) is 46.9 Å². The van der Waals surface area contributed by atoms with Crippen molar-refractivity contribution in [3.05, 3.63) is 29.6 Å². The Bertz CT molecular complexity index is 641. The number of fused-ring (bicyclic) bond motifs is 1. The fraction of sp³-hybridized carbons (Fsp3) is 0.333. The van der Waals surface area contributed by atoms with Crippen molar-refractivity contribution in [1.29, 1.82) is 0 Å². The molecule has 0 saturated heterocycles. The van der Waals surface area contributed by atoms with Gasteiger partial charge in [0.15, 0.2) is 5.82 Å². The predicted octanol–water partition coefficient (Wildman–Crippen LogP) is 2.36. The molecule has 1 N–H and O–H groups in total. The van der Waals surface area contributed by atoms with E-state index in [1.165, 1.54) is 11.6 Å². The highest BCUT2D eigenvalue weighted by atomic mass is 35.5. The van der Waals surface area contributed by atoms with Gasteiger partial charge < -0.3 is 9.88 Å². The molecular formula is C12H12ClF2N3O. The number of hydrogen-bond donors (Lipinski definition) is 1. The molecule has 1 aromatic carbocycles. The first-order valence-electron chi connectivity index (χ1n) is 5.63. The molecule has 0 saturated carbocycles. The maximum atomic E-state index is 13.7. The Labute approximate surface area is 113 Å². The van der Waals surface area contributed by atoms with Crippen LogP contribution in [0, 0.1) is 11.6 Å². The van der Waals surface area contributed by atoms with Gasteiger partial charge in [-0.05, 0) is 6.92 Å². The van der Waals surface area contributed by atoms with Crippen LogP contribution in [0.1, 0.15) is 18.8 Å². The van der Waals surface area contributed by atoms with Gasteiger partial charge in [-0.1, -0.05) is 0 Å². The third-order valence-corrected chi connectivity index (χ3v) is 3.16. The first-order chi connectivity index (χ1) is 8.99. The molecule has 7 heteroatoms. The average Bonchev–Trinajstić information content (AvgIpc) is 2.75. The molecule has 1 amide bonds. The number of alkyl halides is 1. The zero-order chi connectivity index (χ0) is 14.2. The van der Waals surface area contributed by atoms with Gasteiger partial charge in [-0.15, -0.1) is 11.6 Å². The van der Waals surface area contributed by atoms with Crippen LogP contribution in [-0.2, 0) is 10.7 Å². The lowest BCUT2D eigenvalue weighted by atomic mass is 10.2. The lowest BCUT2D eigenvalue weighted by Gasteiger charge is -2.15. The smallest absolute Gasteiger partial charge is 0.242 e. The predicted molar refractivity (Wildman–Crippen MR) is 68.0 cm³/mol. The fourth-order valence-electron chi connectivity index (χ4n) is 2.02. The largest absolute Gasteiger partial charge is 0.357 e. The molecule has 0 fully saturated rings. The molecule has 2 rings (SSSR count). The molecule has 4 nitrogen and oxygen atoms in total. The highest BCUT2D eigenvalue weighted by molar-refractivity contribution is 6.17. The number of likely N-dealkylation sites (N-methyl/N-ethyl adjacent to an activating group) is 1. The maximum absolute atomic E-state index is 13.7. The molecule has 0 aliphatic heterocycles. The van der Waals surface area contributed by atoms with E-state index in [0.29, 0.717) is 5.82 Å². The third kappa shape index (κ3) is 2.28. The Morgan fingerprint density at radius 3 is 2.79 bits per heavy atom. The number of rotatable bonds is 3. The van der Waals surface area contributed by atoms with E-state index in [0.717, 1.165) is 12.1 Å². The van der Waals surface area contributed by atoms with Gasteiger partial charge in [0.25, 0.3) is 0 Å². The molecular weight excluding hydrogens is 276 g/mol. The Balaban J connectivity index is 2.73. The first-order valence-corrected chi connectivity index (χ1v) is 6.16. The van der Waals surface area contributed by atoms with Crippen molar-refractivity contribution in [2.24, 2.45) is 0 Å². The molecule has 1 unspecified atom stereocenters. The molecule has 0 aliphatic carbocycles. The van der Waals surface area contributed by atoms with Crippen LogP contribution < -0.4 is 5.32 Å². The van der Waals surface area contributed by atoms with Gasteiger partial charge >= 0.3 is 0 Å². The first kappa shape index (κ1) is 13.7. The van der Waals surface area contributed by atoms with Crippen LogP contribution in [0.2, 0.25) is 0 Å². The summed E-state index contributed by atoms with van der Waals surface area (Å²) < 4.78 is 28.4. The fourth-order valence-corrected chi connectivity index (χ4v) is 2.21. The molecule has 102 valence electrons. The van der Waals surface area contributed by atoms with Crippen molar-refractivity contribution in [2.75, 3.05) is 7.05 Å². The summed E-state index contributed by atoms with van der Waals surface area (Å²) >= 11 is 5.76. The SMILES string of the molecule is CNC(=O)C(C)n1c(CCl)nc2c(F)cc(F)cc21. The zero-order valence-electron chi connectivity index (χ0n) is 10.4. The number of nitrogens with zero attached hydrogens (tertiary/aromatic N) is 2. The summed E-state index contributed by atoms with van der Waals surface area (Å²) in [5.74, 6) is -1.48. The van der Waals surface area contributed by atoms with E-state index in [-0.39, 0.29) is 22.8 Å². The van der Waals surface area contributed by atoms with Crippen molar-refractivity contribution in [3.8, 4) is 0 Å². The van der Waals surface area contributed by atoms with Crippen LogP contribution in [0.5, 0.6) is 0 Å². The zero-order valence-corrected chi connectivity index (χ0v) is 11.1. The number of halogens is 3. The minimum atomic E-state index is -0.774. The molecule has 0 aliphatic rings. The van der Waals surface area contributed by atoms with E-state index in [2.05, 4.69) is 10.3 Å². The molecule has 0 radical (unpaired) electrons. The average molecular weight is 288 g/mol. The second kappa shape index (κ2) is 5.13. The van der Waals surface area contributed by atoms with Gasteiger partial charge in [0, 0.05) is 19.2 Å². The molecule has 0 bridgehead atoms. The number of aromatic nitrogens is 2. The summed E-state index contributed by atoms with van der Waals surface area (Å²) in [5.41, 5.74) is 0.219. The van der Waals surface area contributed by atoms with Crippen LogP contribution in [0.3, 0.4) is 0 Å². The summed E-state index contributed by atoms with van der Waals surface area (Å²) in [7, 11) is 1.49. The minimum absolute atomic E-state index is 0.00290. The summed E-state index contributed by atoms with van der Waals surface area (Å²) in [6.45, 7) is 1.61. The van der Waals surface area contributed by atoms with E-state index in [1.54, 1.807) is 6.92 Å². The number of nitrogens with one attached hydrogen (secondary N) is 1. The van der Waals surface area contributed by atoms with E-state index in [4.69, 9.17) is 11.6 Å². The third-order valence-electron chi connectivity index (χ3n) is 2.92. The Kier molecular flexibility index (Phi) is 3.71. The highest BCUT2D eigenvalue weighted by Gasteiger charge is 2.22. The van der Waals surface area contributed by atoms with Crippen molar-refractivity contribution in [3.63, 3.8) is 0 Å². The minimum Gasteiger partial charge on any atom is -0.357 e. The van der Waals surface area contributed by atoms with Gasteiger partial charge in [-0.25, -0.2) is 13.8 Å². The van der Waals surface area contributed by atoms with Gasteiger partial charge in [0.1, 0.15) is 23.2 Å². The van der Waals surface area contributed by atoms with Gasteiger partial charge in [0.05, 0.1) is 11.4 Å². The monoisotopic (exact) mass is 287 g/mol. The summed E-state index contributed by atoms with van der Waals surface area (Å²) in [6.07, 6.45) is 0. The van der Waals surface area contributed by atoms with Crippen molar-refractivity contribution < 1.29 is 13.6 Å². The lowest BCUT2D eigenvalue weighted by molar-refractivity contribution is -0.123. The van der Waals surface area contributed by atoms with Crippen molar-refractivity contribution in [1.82, 2.24) is 14.9 Å². The van der Waals surface area contributed by atoms with E-state index in [1.807, 2.05) is 0 Å². The molecule has 2 aromatic rings. The number of amides is 1. The summed E-state index contributed by atoms with van der Waals surface area (Å²) in [4.78, 5) is 15.7.